The molecule has 0 atom stereocenters. The summed E-state index contributed by atoms with van der Waals surface area (Å²) in [5.74, 6) is 0.581. The van der Waals surface area contributed by atoms with Crippen molar-refractivity contribution >= 4 is 22.5 Å². The number of anilines is 1. The van der Waals surface area contributed by atoms with Gasteiger partial charge in [-0.1, -0.05) is 12.1 Å². The molecule has 148 valence electrons. The molecule has 2 aromatic heterocycles. The molecule has 7 heteroatoms. The topological polar surface area (TPSA) is 74.0 Å². The lowest BCUT2D eigenvalue weighted by Gasteiger charge is -2.09. The summed E-state index contributed by atoms with van der Waals surface area (Å²) >= 11 is 0. The van der Waals surface area contributed by atoms with Crippen LogP contribution in [0.5, 0.6) is 5.75 Å². The lowest BCUT2D eigenvalue weighted by Crippen LogP contribution is -2.11. The fourth-order valence-corrected chi connectivity index (χ4v) is 3.36. The molecule has 0 unspecified atom stereocenters. The molecule has 1 amide bonds. The Morgan fingerprint density at radius 3 is 2.62 bits per heavy atom. The highest BCUT2D eigenvalue weighted by atomic mass is 16.5. The smallest absolute Gasteiger partial charge is 0.257 e. The molecular weight excluding hydrogens is 366 g/mol. The van der Waals surface area contributed by atoms with Gasteiger partial charge in [0.15, 0.2) is 0 Å². The van der Waals surface area contributed by atoms with E-state index in [9.17, 15) is 4.79 Å². The second-order valence-corrected chi connectivity index (χ2v) is 7.17. The first-order valence-electron chi connectivity index (χ1n) is 9.46. The molecule has 0 spiro atoms. The minimum absolute atomic E-state index is 0.147. The summed E-state index contributed by atoms with van der Waals surface area (Å²) in [5, 5.41) is 7.98. The number of carbonyl (C=O) groups is 1. The molecule has 2 heterocycles. The molecule has 0 aliphatic heterocycles. The Morgan fingerprint density at radius 1 is 1.17 bits per heavy atom. The molecule has 0 aliphatic carbocycles. The monoisotopic (exact) mass is 389 g/mol. The Balaban J connectivity index is 1.58. The van der Waals surface area contributed by atoms with E-state index >= 15 is 0 Å². The van der Waals surface area contributed by atoms with E-state index in [-0.39, 0.29) is 11.9 Å². The van der Waals surface area contributed by atoms with Crippen LogP contribution in [-0.2, 0) is 6.54 Å². The van der Waals surface area contributed by atoms with Crippen LogP contribution in [0, 0.1) is 0 Å². The van der Waals surface area contributed by atoms with Gasteiger partial charge in [0.05, 0.1) is 19.2 Å². The van der Waals surface area contributed by atoms with Crippen molar-refractivity contribution in [2.45, 2.75) is 26.4 Å². The molecule has 0 radical (unpaired) electrons. The van der Waals surface area contributed by atoms with Gasteiger partial charge in [0.25, 0.3) is 5.91 Å². The van der Waals surface area contributed by atoms with E-state index in [0.717, 1.165) is 27.9 Å². The molecule has 2 aromatic carbocycles. The second kappa shape index (κ2) is 7.79. The van der Waals surface area contributed by atoms with Gasteiger partial charge in [-0.05, 0) is 49.7 Å². The van der Waals surface area contributed by atoms with E-state index in [1.54, 1.807) is 18.1 Å². The van der Waals surface area contributed by atoms with Gasteiger partial charge in [0.2, 0.25) is 0 Å². The van der Waals surface area contributed by atoms with Crippen LogP contribution in [0.2, 0.25) is 0 Å². The minimum atomic E-state index is -0.147. The van der Waals surface area contributed by atoms with Crippen LogP contribution in [0.1, 0.15) is 35.8 Å². The SMILES string of the molecule is COc1ccc2c(c1)c(C(=O)Nc1ccc(Cn3cncn3)cc1)cn2C(C)C. The maximum Gasteiger partial charge on any atom is 0.257 e. The molecule has 1 N–H and O–H groups in total. The van der Waals surface area contributed by atoms with Gasteiger partial charge >= 0.3 is 0 Å². The molecule has 4 rings (SSSR count). The number of carbonyl (C=O) groups excluding carboxylic acids is 1. The molecule has 0 aliphatic rings. The summed E-state index contributed by atoms with van der Waals surface area (Å²) < 4.78 is 9.20. The number of hydrogen-bond acceptors (Lipinski definition) is 4. The van der Waals surface area contributed by atoms with Crippen molar-refractivity contribution < 1.29 is 9.53 Å². The molecule has 4 aromatic rings. The van der Waals surface area contributed by atoms with E-state index in [2.05, 4.69) is 33.8 Å². The van der Waals surface area contributed by atoms with Gasteiger partial charge in [-0.2, -0.15) is 5.10 Å². The lowest BCUT2D eigenvalue weighted by atomic mass is 10.1. The zero-order chi connectivity index (χ0) is 20.4. The Hall–Kier alpha value is -3.61. The fourth-order valence-electron chi connectivity index (χ4n) is 3.36. The normalized spacial score (nSPS) is 11.2. The zero-order valence-corrected chi connectivity index (χ0v) is 16.7. The van der Waals surface area contributed by atoms with Crippen LogP contribution < -0.4 is 10.1 Å². The third-order valence-electron chi connectivity index (χ3n) is 4.86. The van der Waals surface area contributed by atoms with Crippen molar-refractivity contribution in [1.82, 2.24) is 19.3 Å². The van der Waals surface area contributed by atoms with Crippen LogP contribution in [0.15, 0.2) is 61.3 Å². The van der Waals surface area contributed by atoms with Crippen molar-refractivity contribution in [3.05, 3.63) is 72.4 Å². The van der Waals surface area contributed by atoms with Crippen molar-refractivity contribution in [3.63, 3.8) is 0 Å². The van der Waals surface area contributed by atoms with Crippen LogP contribution in [0.25, 0.3) is 10.9 Å². The Morgan fingerprint density at radius 2 is 1.97 bits per heavy atom. The first kappa shape index (κ1) is 18.7. The number of nitrogens with zero attached hydrogens (tertiary/aromatic N) is 4. The van der Waals surface area contributed by atoms with E-state index in [0.29, 0.717) is 12.1 Å². The first-order valence-corrected chi connectivity index (χ1v) is 9.46. The predicted octanol–water partition coefficient (Wildman–Crippen LogP) is 4.12. The molecule has 0 fully saturated rings. The van der Waals surface area contributed by atoms with Gasteiger partial charge in [0.1, 0.15) is 18.4 Å². The average molecular weight is 389 g/mol. The molecule has 29 heavy (non-hydrogen) atoms. The summed E-state index contributed by atoms with van der Waals surface area (Å²) in [6, 6.07) is 13.8. The maximum absolute atomic E-state index is 13.0. The summed E-state index contributed by atoms with van der Waals surface area (Å²) in [4.78, 5) is 17.0. The number of benzene rings is 2. The number of nitrogens with one attached hydrogen (secondary N) is 1. The van der Waals surface area contributed by atoms with Crippen LogP contribution in [-0.4, -0.2) is 32.3 Å². The van der Waals surface area contributed by atoms with Gasteiger partial charge in [-0.15, -0.1) is 0 Å². The largest absolute Gasteiger partial charge is 0.497 e. The third-order valence-corrected chi connectivity index (χ3v) is 4.86. The molecular formula is C22H23N5O2. The fraction of sp³-hybridized carbons (Fsp3) is 0.227. The number of methoxy groups -OCH3 is 1. The molecule has 0 saturated carbocycles. The maximum atomic E-state index is 13.0. The summed E-state index contributed by atoms with van der Waals surface area (Å²) in [7, 11) is 1.63. The van der Waals surface area contributed by atoms with E-state index in [1.807, 2.05) is 48.7 Å². The summed E-state index contributed by atoms with van der Waals surface area (Å²) in [6.45, 7) is 4.83. The van der Waals surface area contributed by atoms with Crippen LogP contribution in [0.4, 0.5) is 5.69 Å². The van der Waals surface area contributed by atoms with Crippen LogP contribution in [0.3, 0.4) is 0 Å². The van der Waals surface area contributed by atoms with Crippen molar-refractivity contribution in [1.29, 1.82) is 0 Å². The van der Waals surface area contributed by atoms with Crippen molar-refractivity contribution in [2.75, 3.05) is 12.4 Å². The van der Waals surface area contributed by atoms with E-state index in [4.69, 9.17) is 4.74 Å². The predicted molar refractivity (Wildman–Crippen MR) is 112 cm³/mol. The quantitative estimate of drug-likeness (QED) is 0.538. The third kappa shape index (κ3) is 3.85. The average Bonchev–Trinajstić information content (AvgIpc) is 3.36. The highest BCUT2D eigenvalue weighted by molar-refractivity contribution is 6.13. The Bertz CT molecular complexity index is 1130. The van der Waals surface area contributed by atoms with E-state index in [1.165, 1.54) is 6.33 Å². The molecule has 0 saturated heterocycles. The Kier molecular flexibility index (Phi) is 5.03. The number of rotatable bonds is 6. The lowest BCUT2D eigenvalue weighted by molar-refractivity contribution is 0.102. The van der Waals surface area contributed by atoms with Crippen molar-refractivity contribution in [3.8, 4) is 5.75 Å². The van der Waals surface area contributed by atoms with Gasteiger partial charge in [-0.3, -0.25) is 4.79 Å². The standard InChI is InChI=1S/C22H23N5O2/c1-15(2)27-12-20(19-10-18(29-3)8-9-21(19)27)22(28)25-17-6-4-16(5-7-17)11-26-14-23-13-24-26/h4-10,12-15H,11H2,1-3H3,(H,25,28). The zero-order valence-electron chi connectivity index (χ0n) is 16.7. The van der Waals surface area contributed by atoms with Gasteiger partial charge in [0, 0.05) is 28.8 Å². The highest BCUT2D eigenvalue weighted by Gasteiger charge is 2.17. The summed E-state index contributed by atoms with van der Waals surface area (Å²) in [6.07, 6.45) is 5.09. The number of amides is 1. The number of aromatic nitrogens is 4. The van der Waals surface area contributed by atoms with E-state index < -0.39 is 0 Å². The van der Waals surface area contributed by atoms with Crippen LogP contribution >= 0.6 is 0 Å². The highest BCUT2D eigenvalue weighted by Crippen LogP contribution is 2.29. The minimum Gasteiger partial charge on any atom is -0.497 e. The Labute approximate surface area is 168 Å². The van der Waals surface area contributed by atoms with Gasteiger partial charge in [-0.25, -0.2) is 9.67 Å². The molecule has 7 nitrogen and oxygen atoms in total. The second-order valence-electron chi connectivity index (χ2n) is 7.17. The number of ether oxygens (including phenoxy) is 1. The summed E-state index contributed by atoms with van der Waals surface area (Å²) in [5.41, 5.74) is 3.45. The first-order chi connectivity index (χ1) is 14.0. The molecule has 0 bridgehead atoms. The van der Waals surface area contributed by atoms with Gasteiger partial charge < -0.3 is 14.6 Å². The van der Waals surface area contributed by atoms with Crippen molar-refractivity contribution in [2.24, 2.45) is 0 Å². The number of fused-ring (bicyclic) bond motifs is 1. The number of hydrogen-bond donors (Lipinski definition) is 1.